The molecule has 10 heteroatoms. The van der Waals surface area contributed by atoms with Gasteiger partial charge in [0.15, 0.2) is 0 Å². The van der Waals surface area contributed by atoms with E-state index >= 15 is 0 Å². The molecule has 7 nitrogen and oxygen atoms in total. The van der Waals surface area contributed by atoms with Crippen molar-refractivity contribution in [3.05, 3.63) is 129 Å². The number of carbonyl (C=O) groups excluding carboxylic acids is 2. The highest BCUT2D eigenvalue weighted by Gasteiger charge is 2.35. The monoisotopic (exact) mass is 679 g/mol. The maximum absolute atomic E-state index is 14.6. The first kappa shape index (κ1) is 35.0. The van der Waals surface area contributed by atoms with Gasteiger partial charge in [0.25, 0.3) is 10.0 Å². The van der Waals surface area contributed by atoms with Crippen molar-refractivity contribution in [2.24, 2.45) is 0 Å². The highest BCUT2D eigenvalue weighted by atomic mass is 35.5. The molecule has 46 heavy (non-hydrogen) atoms. The van der Waals surface area contributed by atoms with E-state index < -0.39 is 28.5 Å². The van der Waals surface area contributed by atoms with Gasteiger partial charge < -0.3 is 10.2 Å². The molecule has 0 aliphatic heterocycles. The van der Waals surface area contributed by atoms with Crippen LogP contribution in [-0.4, -0.2) is 43.8 Å². The molecule has 4 aromatic rings. The first-order chi connectivity index (χ1) is 21.9. The second kappa shape index (κ2) is 15.6. The molecule has 0 saturated carbocycles. The molecule has 1 N–H and O–H groups in total. The largest absolute Gasteiger partial charge is 0.352 e. The third-order valence-corrected chi connectivity index (χ3v) is 10.1. The van der Waals surface area contributed by atoms with E-state index in [4.69, 9.17) is 23.2 Å². The predicted octanol–water partition coefficient (Wildman–Crippen LogP) is 7.36. The molecule has 0 unspecified atom stereocenters. The summed E-state index contributed by atoms with van der Waals surface area (Å²) in [6.07, 6.45) is 0.931. The molecule has 0 saturated heterocycles. The summed E-state index contributed by atoms with van der Waals surface area (Å²) in [4.78, 5) is 30.0. The van der Waals surface area contributed by atoms with Crippen LogP contribution in [0.25, 0.3) is 0 Å². The van der Waals surface area contributed by atoms with Crippen LogP contribution in [0.15, 0.2) is 102 Å². The highest BCUT2D eigenvalue weighted by molar-refractivity contribution is 7.92. The topological polar surface area (TPSA) is 86.8 Å². The number of sulfonamides is 1. The lowest BCUT2D eigenvalue weighted by molar-refractivity contribution is -0.140. The predicted molar refractivity (Wildman–Crippen MR) is 186 cm³/mol. The summed E-state index contributed by atoms with van der Waals surface area (Å²) in [6.45, 7) is 6.99. The van der Waals surface area contributed by atoms with E-state index in [2.05, 4.69) is 5.32 Å². The van der Waals surface area contributed by atoms with Crippen molar-refractivity contribution in [3.63, 3.8) is 0 Å². The fourth-order valence-corrected chi connectivity index (χ4v) is 6.86. The number of amides is 2. The highest BCUT2D eigenvalue weighted by Crippen LogP contribution is 2.30. The summed E-state index contributed by atoms with van der Waals surface area (Å²) in [6, 6.07) is 26.7. The van der Waals surface area contributed by atoms with Crippen molar-refractivity contribution in [2.75, 3.05) is 10.8 Å². The van der Waals surface area contributed by atoms with Gasteiger partial charge in [-0.2, -0.15) is 0 Å². The lowest BCUT2D eigenvalue weighted by Gasteiger charge is -2.34. The Hall–Kier alpha value is -3.85. The van der Waals surface area contributed by atoms with Crippen LogP contribution in [0, 0.1) is 13.8 Å². The van der Waals surface area contributed by atoms with E-state index in [1.165, 1.54) is 17.0 Å². The SMILES string of the molecule is CC[C@@H](C)NC(=O)[C@H](Cc1ccccc1)N(Cc1ccc(Cl)cc1)C(=O)CN(c1ccc(Cl)cc1C)S(=O)(=O)c1ccc(C)cc1. The van der Waals surface area contributed by atoms with Gasteiger partial charge in [0.1, 0.15) is 12.6 Å². The van der Waals surface area contributed by atoms with Crippen LogP contribution in [-0.2, 0) is 32.6 Å². The van der Waals surface area contributed by atoms with Crippen molar-refractivity contribution in [2.45, 2.75) is 64.1 Å². The first-order valence-corrected chi connectivity index (χ1v) is 17.3. The number of anilines is 1. The van der Waals surface area contributed by atoms with Gasteiger partial charge in [0.2, 0.25) is 11.8 Å². The minimum absolute atomic E-state index is 0.0415. The summed E-state index contributed by atoms with van der Waals surface area (Å²) in [5, 5.41) is 4.01. The number of hydrogen-bond acceptors (Lipinski definition) is 4. The van der Waals surface area contributed by atoms with Crippen LogP contribution in [0.5, 0.6) is 0 Å². The lowest BCUT2D eigenvalue weighted by atomic mass is 10.0. The number of carbonyl (C=O) groups is 2. The molecular weight excluding hydrogens is 641 g/mol. The van der Waals surface area contributed by atoms with Crippen LogP contribution in [0.1, 0.15) is 42.5 Å². The Labute approximate surface area is 282 Å². The van der Waals surface area contributed by atoms with Gasteiger partial charge in [-0.15, -0.1) is 0 Å². The number of rotatable bonds is 13. The van der Waals surface area contributed by atoms with Gasteiger partial charge in [-0.05, 0) is 86.3 Å². The van der Waals surface area contributed by atoms with Gasteiger partial charge in [0, 0.05) is 29.1 Å². The molecule has 0 spiro atoms. The Bertz CT molecular complexity index is 1750. The smallest absolute Gasteiger partial charge is 0.264 e. The summed E-state index contributed by atoms with van der Waals surface area (Å²) >= 11 is 12.4. The standard InChI is InChI=1S/C36H39Cl2N3O4S/c1-5-27(4)39-36(43)34(22-28-9-7-6-8-10-28)40(23-29-13-15-30(37)16-14-29)35(42)24-41(33-20-17-31(38)21-26(33)3)46(44,45)32-18-11-25(2)12-19-32/h6-21,27,34H,5,22-24H2,1-4H3,(H,39,43)/t27-,34+/m1/s1. The second-order valence-electron chi connectivity index (χ2n) is 11.4. The van der Waals surface area contributed by atoms with Gasteiger partial charge >= 0.3 is 0 Å². The third kappa shape index (κ3) is 8.90. The molecule has 0 fully saturated rings. The molecule has 0 aliphatic carbocycles. The summed E-state index contributed by atoms with van der Waals surface area (Å²) in [5.41, 5.74) is 3.39. The fourth-order valence-electron chi connectivity index (χ4n) is 5.03. The second-order valence-corrected chi connectivity index (χ2v) is 14.2. The summed E-state index contributed by atoms with van der Waals surface area (Å²) < 4.78 is 29.6. The van der Waals surface area contributed by atoms with Crippen molar-refractivity contribution in [1.29, 1.82) is 0 Å². The number of nitrogens with zero attached hydrogens (tertiary/aromatic N) is 2. The molecular formula is C36H39Cl2N3O4S. The number of aryl methyl sites for hydroxylation is 2. The van der Waals surface area contributed by atoms with E-state index in [1.807, 2.05) is 51.1 Å². The van der Waals surface area contributed by atoms with Crippen LogP contribution in [0.2, 0.25) is 10.0 Å². The van der Waals surface area contributed by atoms with E-state index in [9.17, 15) is 18.0 Å². The molecule has 0 aromatic heterocycles. The molecule has 4 aromatic carbocycles. The van der Waals surface area contributed by atoms with Crippen LogP contribution in [0.3, 0.4) is 0 Å². The molecule has 242 valence electrons. The van der Waals surface area contributed by atoms with Crippen LogP contribution < -0.4 is 9.62 Å². The molecule has 4 rings (SSSR count). The zero-order valence-electron chi connectivity index (χ0n) is 26.4. The van der Waals surface area contributed by atoms with Crippen LogP contribution >= 0.6 is 23.2 Å². The van der Waals surface area contributed by atoms with Crippen molar-refractivity contribution in [1.82, 2.24) is 10.2 Å². The Morgan fingerprint density at radius 2 is 1.46 bits per heavy atom. The third-order valence-electron chi connectivity index (χ3n) is 7.85. The van der Waals surface area contributed by atoms with Crippen molar-refractivity contribution < 1.29 is 18.0 Å². The van der Waals surface area contributed by atoms with Gasteiger partial charge in [-0.1, -0.05) is 90.3 Å². The number of hydrogen-bond donors (Lipinski definition) is 1. The first-order valence-electron chi connectivity index (χ1n) is 15.1. The lowest BCUT2D eigenvalue weighted by Crippen LogP contribution is -2.54. The fraction of sp³-hybridized carbons (Fsp3) is 0.278. The average Bonchev–Trinajstić information content (AvgIpc) is 3.03. The van der Waals surface area contributed by atoms with Gasteiger partial charge in [-0.25, -0.2) is 8.42 Å². The molecule has 0 bridgehead atoms. The molecule has 0 aliphatic rings. The normalized spacial score (nSPS) is 12.7. The Morgan fingerprint density at radius 3 is 2.07 bits per heavy atom. The number of halogens is 2. The Balaban J connectivity index is 1.83. The maximum atomic E-state index is 14.6. The van der Waals surface area contributed by atoms with E-state index in [-0.39, 0.29) is 29.8 Å². The zero-order valence-corrected chi connectivity index (χ0v) is 28.7. The van der Waals surface area contributed by atoms with E-state index in [1.54, 1.807) is 61.5 Å². The van der Waals surface area contributed by atoms with E-state index in [0.29, 0.717) is 27.7 Å². The Kier molecular flexibility index (Phi) is 11.9. The molecule has 2 amide bonds. The Morgan fingerprint density at radius 1 is 0.826 bits per heavy atom. The van der Waals surface area contributed by atoms with Crippen molar-refractivity contribution in [3.8, 4) is 0 Å². The molecule has 0 heterocycles. The minimum atomic E-state index is -4.22. The number of nitrogens with one attached hydrogen (secondary N) is 1. The van der Waals surface area contributed by atoms with E-state index in [0.717, 1.165) is 21.0 Å². The van der Waals surface area contributed by atoms with Gasteiger partial charge in [0.05, 0.1) is 10.6 Å². The minimum Gasteiger partial charge on any atom is -0.352 e. The van der Waals surface area contributed by atoms with Crippen LogP contribution in [0.4, 0.5) is 5.69 Å². The summed E-state index contributed by atoms with van der Waals surface area (Å²) in [5.74, 6) is -0.864. The van der Waals surface area contributed by atoms with Crippen molar-refractivity contribution >= 4 is 50.7 Å². The van der Waals surface area contributed by atoms with Gasteiger partial charge in [-0.3, -0.25) is 13.9 Å². The zero-order chi connectivity index (χ0) is 33.4. The molecule has 2 atom stereocenters. The average molecular weight is 681 g/mol. The maximum Gasteiger partial charge on any atom is 0.264 e. The number of benzene rings is 4. The molecule has 0 radical (unpaired) electrons. The summed E-state index contributed by atoms with van der Waals surface area (Å²) in [7, 11) is -4.22. The quantitative estimate of drug-likeness (QED) is 0.160.